The van der Waals surface area contributed by atoms with Crippen molar-refractivity contribution in [2.45, 2.75) is 5.03 Å². The highest BCUT2D eigenvalue weighted by Gasteiger charge is 2.11. The first-order valence-corrected chi connectivity index (χ1v) is 5.72. The summed E-state index contributed by atoms with van der Waals surface area (Å²) < 4.78 is 22.2. The molecule has 0 aliphatic rings. The van der Waals surface area contributed by atoms with Gasteiger partial charge in [-0.1, -0.05) is 0 Å². The largest absolute Gasteiger partial charge is 0.355 e. The molecule has 76 valence electrons. The highest BCUT2D eigenvalue weighted by atomic mass is 32.2. The Morgan fingerprint density at radius 1 is 1.50 bits per heavy atom. The standard InChI is InChI=1S/C8H10N2O3S/c1-9-8(11)6-3-4-10-7(5-6)14(2,12)13/h3-5H,1-2H3,(H,9,11). The number of carbonyl (C=O) groups is 1. The first-order chi connectivity index (χ1) is 6.45. The Kier molecular flexibility index (Phi) is 2.85. The average molecular weight is 214 g/mol. The van der Waals surface area contributed by atoms with Gasteiger partial charge in [0.05, 0.1) is 0 Å². The SMILES string of the molecule is CNC(=O)c1ccnc(S(C)(=O)=O)c1. The fourth-order valence-corrected chi connectivity index (χ4v) is 1.49. The monoisotopic (exact) mass is 214 g/mol. The molecular formula is C8H10N2O3S. The number of hydrogen-bond acceptors (Lipinski definition) is 4. The Balaban J connectivity index is 3.21. The maximum absolute atomic E-state index is 11.2. The summed E-state index contributed by atoms with van der Waals surface area (Å²) in [7, 11) is -1.88. The lowest BCUT2D eigenvalue weighted by Crippen LogP contribution is -2.18. The van der Waals surface area contributed by atoms with Gasteiger partial charge in [-0.05, 0) is 12.1 Å². The number of nitrogens with zero attached hydrogens (tertiary/aromatic N) is 1. The van der Waals surface area contributed by atoms with Gasteiger partial charge in [-0.25, -0.2) is 13.4 Å². The van der Waals surface area contributed by atoms with Crippen LogP contribution in [0.25, 0.3) is 0 Å². The maximum atomic E-state index is 11.2. The Bertz CT molecular complexity index is 453. The van der Waals surface area contributed by atoms with Crippen molar-refractivity contribution in [2.24, 2.45) is 0 Å². The van der Waals surface area contributed by atoms with Gasteiger partial charge in [0.2, 0.25) is 0 Å². The predicted octanol–water partition coefficient (Wildman–Crippen LogP) is -0.155. The fourth-order valence-electron chi connectivity index (χ4n) is 0.898. The number of nitrogens with one attached hydrogen (secondary N) is 1. The normalized spacial score (nSPS) is 11.0. The molecule has 0 aliphatic carbocycles. The lowest BCUT2D eigenvalue weighted by atomic mass is 10.2. The van der Waals surface area contributed by atoms with Crippen LogP contribution in [-0.4, -0.2) is 32.6 Å². The van der Waals surface area contributed by atoms with E-state index in [0.717, 1.165) is 6.26 Å². The summed E-state index contributed by atoms with van der Waals surface area (Å²) in [6.07, 6.45) is 2.34. The molecule has 0 unspecified atom stereocenters. The highest BCUT2D eigenvalue weighted by Crippen LogP contribution is 2.07. The molecule has 6 heteroatoms. The van der Waals surface area contributed by atoms with E-state index in [4.69, 9.17) is 0 Å². The van der Waals surface area contributed by atoms with E-state index in [1.165, 1.54) is 25.4 Å². The number of aromatic nitrogens is 1. The van der Waals surface area contributed by atoms with Gasteiger partial charge in [-0.2, -0.15) is 0 Å². The zero-order valence-corrected chi connectivity index (χ0v) is 8.63. The minimum Gasteiger partial charge on any atom is -0.355 e. The molecule has 14 heavy (non-hydrogen) atoms. The number of hydrogen-bond donors (Lipinski definition) is 1. The molecule has 0 saturated carbocycles. The van der Waals surface area contributed by atoms with E-state index >= 15 is 0 Å². The Morgan fingerprint density at radius 3 is 2.64 bits per heavy atom. The van der Waals surface area contributed by atoms with E-state index in [1.54, 1.807) is 0 Å². The van der Waals surface area contributed by atoms with Crippen LogP contribution in [0.15, 0.2) is 23.4 Å². The number of rotatable bonds is 2. The van der Waals surface area contributed by atoms with Crippen molar-refractivity contribution in [2.75, 3.05) is 13.3 Å². The van der Waals surface area contributed by atoms with Gasteiger partial charge in [-0.3, -0.25) is 4.79 Å². The molecule has 0 aromatic carbocycles. The summed E-state index contributed by atoms with van der Waals surface area (Å²) in [4.78, 5) is 14.8. The summed E-state index contributed by atoms with van der Waals surface area (Å²) >= 11 is 0. The average Bonchev–Trinajstić information content (AvgIpc) is 2.15. The Labute approximate surface area is 82.1 Å². The molecule has 0 bridgehead atoms. The molecule has 1 rings (SSSR count). The molecule has 1 amide bonds. The van der Waals surface area contributed by atoms with Crippen LogP contribution in [0.5, 0.6) is 0 Å². The van der Waals surface area contributed by atoms with Crippen LogP contribution < -0.4 is 5.32 Å². The first-order valence-electron chi connectivity index (χ1n) is 3.83. The minimum atomic E-state index is -3.36. The first kappa shape index (κ1) is 10.6. The van der Waals surface area contributed by atoms with Crippen molar-refractivity contribution in [3.05, 3.63) is 23.9 Å². The molecule has 1 aromatic heterocycles. The number of carbonyl (C=O) groups excluding carboxylic acids is 1. The van der Waals surface area contributed by atoms with Crippen molar-refractivity contribution in [3.8, 4) is 0 Å². The van der Waals surface area contributed by atoms with Gasteiger partial charge in [0, 0.05) is 25.1 Å². The lowest BCUT2D eigenvalue weighted by Gasteiger charge is -2.01. The van der Waals surface area contributed by atoms with Gasteiger partial charge in [0.25, 0.3) is 5.91 Å². The third-order valence-corrected chi connectivity index (χ3v) is 2.59. The number of amides is 1. The van der Waals surface area contributed by atoms with Crippen LogP contribution in [-0.2, 0) is 9.84 Å². The quantitative estimate of drug-likeness (QED) is 0.742. The number of pyridine rings is 1. The van der Waals surface area contributed by atoms with E-state index in [0.29, 0.717) is 0 Å². The molecule has 0 atom stereocenters. The van der Waals surface area contributed by atoms with Crippen LogP contribution in [0.3, 0.4) is 0 Å². The van der Waals surface area contributed by atoms with Crippen molar-refractivity contribution >= 4 is 15.7 Å². The molecule has 0 radical (unpaired) electrons. The molecule has 0 spiro atoms. The summed E-state index contributed by atoms with van der Waals surface area (Å²) in [5.41, 5.74) is 0.280. The van der Waals surface area contributed by atoms with Crippen molar-refractivity contribution in [1.29, 1.82) is 0 Å². The highest BCUT2D eigenvalue weighted by molar-refractivity contribution is 7.90. The second-order valence-electron chi connectivity index (χ2n) is 2.73. The molecule has 0 saturated heterocycles. The molecule has 0 aliphatic heterocycles. The lowest BCUT2D eigenvalue weighted by molar-refractivity contribution is 0.0962. The van der Waals surface area contributed by atoms with Gasteiger partial charge >= 0.3 is 0 Å². The zero-order chi connectivity index (χ0) is 10.8. The maximum Gasteiger partial charge on any atom is 0.251 e. The van der Waals surface area contributed by atoms with Gasteiger partial charge in [0.1, 0.15) is 0 Å². The second-order valence-corrected chi connectivity index (χ2v) is 4.70. The summed E-state index contributed by atoms with van der Waals surface area (Å²) in [5, 5.41) is 2.30. The third kappa shape index (κ3) is 2.29. The van der Waals surface area contributed by atoms with Crippen molar-refractivity contribution in [1.82, 2.24) is 10.3 Å². The van der Waals surface area contributed by atoms with E-state index < -0.39 is 9.84 Å². The van der Waals surface area contributed by atoms with E-state index in [2.05, 4.69) is 10.3 Å². The molecule has 1 heterocycles. The molecule has 1 N–H and O–H groups in total. The van der Waals surface area contributed by atoms with E-state index in [9.17, 15) is 13.2 Å². The van der Waals surface area contributed by atoms with Gasteiger partial charge in [0.15, 0.2) is 14.9 Å². The van der Waals surface area contributed by atoms with E-state index in [-0.39, 0.29) is 16.5 Å². The number of sulfone groups is 1. The van der Waals surface area contributed by atoms with Crippen LogP contribution >= 0.6 is 0 Å². The molecule has 5 nitrogen and oxygen atoms in total. The topological polar surface area (TPSA) is 76.1 Å². The Morgan fingerprint density at radius 2 is 2.14 bits per heavy atom. The predicted molar refractivity (Wildman–Crippen MR) is 50.7 cm³/mol. The summed E-state index contributed by atoms with van der Waals surface area (Å²) in [6, 6.07) is 2.70. The van der Waals surface area contributed by atoms with Crippen LogP contribution in [0.1, 0.15) is 10.4 Å². The molecule has 1 aromatic rings. The smallest absolute Gasteiger partial charge is 0.251 e. The van der Waals surface area contributed by atoms with Gasteiger partial charge in [-0.15, -0.1) is 0 Å². The van der Waals surface area contributed by atoms with Crippen molar-refractivity contribution < 1.29 is 13.2 Å². The van der Waals surface area contributed by atoms with E-state index in [1.807, 2.05) is 0 Å². The van der Waals surface area contributed by atoms with Gasteiger partial charge < -0.3 is 5.32 Å². The molecular weight excluding hydrogens is 204 g/mol. The van der Waals surface area contributed by atoms with Crippen LogP contribution in [0.2, 0.25) is 0 Å². The van der Waals surface area contributed by atoms with Crippen LogP contribution in [0, 0.1) is 0 Å². The fraction of sp³-hybridized carbons (Fsp3) is 0.250. The Hall–Kier alpha value is -1.43. The molecule has 0 fully saturated rings. The second kappa shape index (κ2) is 3.75. The third-order valence-electron chi connectivity index (χ3n) is 1.60. The van der Waals surface area contributed by atoms with Crippen molar-refractivity contribution in [3.63, 3.8) is 0 Å². The minimum absolute atomic E-state index is 0.0985. The van der Waals surface area contributed by atoms with Crippen LogP contribution in [0.4, 0.5) is 0 Å². The summed E-state index contributed by atoms with van der Waals surface area (Å²) in [6.45, 7) is 0. The summed E-state index contributed by atoms with van der Waals surface area (Å²) in [5.74, 6) is -0.336. The zero-order valence-electron chi connectivity index (χ0n) is 7.81.